The zero-order valence-electron chi connectivity index (χ0n) is 10.9. The average Bonchev–Trinajstić information content (AvgIpc) is 2.46. The van der Waals surface area contributed by atoms with Gasteiger partial charge in [0, 0.05) is 34.0 Å². The molecule has 1 aromatic heterocycles. The van der Waals surface area contributed by atoms with E-state index in [1.54, 1.807) is 12.3 Å². The maximum Gasteiger partial charge on any atom is 0.274 e. The number of nitrogens with two attached hydrogens (primary N) is 2. The maximum absolute atomic E-state index is 11.1. The molecular weight excluding hydrogens is 292 g/mol. The van der Waals surface area contributed by atoms with Crippen molar-refractivity contribution < 1.29 is 9.72 Å². The highest BCUT2D eigenvalue weighted by Crippen LogP contribution is 2.31. The van der Waals surface area contributed by atoms with Crippen molar-refractivity contribution >= 4 is 29.0 Å². The smallest absolute Gasteiger partial charge is 0.274 e. The second-order valence-corrected chi connectivity index (χ2v) is 5.18. The van der Waals surface area contributed by atoms with Gasteiger partial charge in [-0.3, -0.25) is 19.9 Å². The minimum atomic E-state index is -0.698. The zero-order chi connectivity index (χ0) is 15.4. The van der Waals surface area contributed by atoms with Gasteiger partial charge in [-0.2, -0.15) is 0 Å². The Bertz CT molecular complexity index is 706. The summed E-state index contributed by atoms with van der Waals surface area (Å²) in [4.78, 5) is 26.3. The van der Waals surface area contributed by atoms with Gasteiger partial charge >= 0.3 is 0 Å². The van der Waals surface area contributed by atoms with E-state index in [2.05, 4.69) is 4.98 Å². The summed E-state index contributed by atoms with van der Waals surface area (Å²) in [5.74, 6) is -0.348. The number of nitrogens with zero attached hydrogens (tertiary/aromatic N) is 2. The molecule has 0 aliphatic rings. The Kier molecular flexibility index (Phi) is 4.39. The Morgan fingerprint density at radius 3 is 2.76 bits per heavy atom. The van der Waals surface area contributed by atoms with Crippen molar-refractivity contribution in [3.63, 3.8) is 0 Å². The van der Waals surface area contributed by atoms with Crippen molar-refractivity contribution in [1.29, 1.82) is 0 Å². The molecule has 0 saturated carbocycles. The number of nitro groups is 1. The summed E-state index contributed by atoms with van der Waals surface area (Å²) in [5.41, 5.74) is 11.9. The van der Waals surface area contributed by atoms with Gasteiger partial charge in [0.25, 0.3) is 5.69 Å². The summed E-state index contributed by atoms with van der Waals surface area (Å²) in [6, 6.07) is 5.93. The highest BCUT2D eigenvalue weighted by atomic mass is 32.2. The first-order valence-corrected chi connectivity index (χ1v) is 6.87. The molecule has 1 heterocycles. The molecule has 0 atom stereocenters. The molecule has 8 heteroatoms. The molecule has 0 saturated heterocycles. The summed E-state index contributed by atoms with van der Waals surface area (Å²) >= 11 is 1.36. The van der Waals surface area contributed by atoms with Gasteiger partial charge in [0.15, 0.2) is 0 Å². The summed E-state index contributed by atoms with van der Waals surface area (Å²) < 4.78 is 0. The molecular formula is C13H12N4O3S. The van der Waals surface area contributed by atoms with Crippen LogP contribution in [0, 0.1) is 10.1 Å². The number of amides is 1. The van der Waals surface area contributed by atoms with Crippen molar-refractivity contribution in [2.24, 2.45) is 5.73 Å². The average molecular weight is 304 g/mol. The molecule has 4 N–H and O–H groups in total. The number of anilines is 1. The molecule has 0 unspecified atom stereocenters. The molecule has 0 aliphatic heterocycles. The van der Waals surface area contributed by atoms with Crippen LogP contribution in [0.5, 0.6) is 0 Å². The Morgan fingerprint density at radius 2 is 2.14 bits per heavy atom. The second kappa shape index (κ2) is 6.23. The molecule has 21 heavy (non-hydrogen) atoms. The van der Waals surface area contributed by atoms with Crippen LogP contribution in [0.15, 0.2) is 41.6 Å². The van der Waals surface area contributed by atoms with E-state index >= 15 is 0 Å². The van der Waals surface area contributed by atoms with Crippen LogP contribution in [0.3, 0.4) is 0 Å². The van der Waals surface area contributed by atoms with Gasteiger partial charge in [-0.1, -0.05) is 6.07 Å². The summed E-state index contributed by atoms with van der Waals surface area (Å²) in [6.45, 7) is 0. The van der Waals surface area contributed by atoms with Crippen molar-refractivity contribution in [1.82, 2.24) is 4.98 Å². The molecule has 1 aromatic carbocycles. The Hall–Kier alpha value is -2.61. The molecule has 1 amide bonds. The largest absolute Gasteiger partial charge is 0.397 e. The van der Waals surface area contributed by atoms with E-state index in [4.69, 9.17) is 11.5 Å². The topological polar surface area (TPSA) is 125 Å². The summed E-state index contributed by atoms with van der Waals surface area (Å²) in [5, 5.41) is 11.1. The number of rotatable bonds is 5. The molecule has 108 valence electrons. The van der Waals surface area contributed by atoms with Gasteiger partial charge in [0.2, 0.25) is 5.91 Å². The third-order valence-electron chi connectivity index (χ3n) is 2.76. The number of nitrogen functional groups attached to an aromatic ring is 1. The SMILES string of the molecule is NC(=O)c1ccc(CSc2ccncc2N)c([N+](=O)[O-])c1. The summed E-state index contributed by atoms with van der Waals surface area (Å²) in [7, 11) is 0. The van der Waals surface area contributed by atoms with Crippen LogP contribution < -0.4 is 11.5 Å². The van der Waals surface area contributed by atoms with E-state index in [9.17, 15) is 14.9 Å². The van der Waals surface area contributed by atoms with E-state index in [0.29, 0.717) is 17.0 Å². The maximum atomic E-state index is 11.1. The van der Waals surface area contributed by atoms with Crippen LogP contribution in [0.1, 0.15) is 15.9 Å². The lowest BCUT2D eigenvalue weighted by Gasteiger charge is -2.06. The van der Waals surface area contributed by atoms with Crippen molar-refractivity contribution in [2.75, 3.05) is 5.73 Å². The fourth-order valence-corrected chi connectivity index (χ4v) is 2.62. The number of hydrogen-bond donors (Lipinski definition) is 2. The number of pyridine rings is 1. The molecule has 2 rings (SSSR count). The van der Waals surface area contributed by atoms with Crippen LogP contribution in [0.4, 0.5) is 11.4 Å². The van der Waals surface area contributed by atoms with Crippen LogP contribution in [-0.2, 0) is 5.75 Å². The zero-order valence-corrected chi connectivity index (χ0v) is 11.7. The number of nitro benzene ring substituents is 1. The number of hydrogen-bond acceptors (Lipinski definition) is 6. The first kappa shape index (κ1) is 14.8. The van der Waals surface area contributed by atoms with Gasteiger partial charge in [0.1, 0.15) is 0 Å². The van der Waals surface area contributed by atoms with Crippen LogP contribution in [0.25, 0.3) is 0 Å². The fraction of sp³-hybridized carbons (Fsp3) is 0.0769. The van der Waals surface area contributed by atoms with E-state index < -0.39 is 10.8 Å². The van der Waals surface area contributed by atoms with E-state index in [-0.39, 0.29) is 11.3 Å². The molecule has 0 radical (unpaired) electrons. The predicted molar refractivity (Wildman–Crippen MR) is 79.8 cm³/mol. The number of carbonyl (C=O) groups is 1. The first-order chi connectivity index (χ1) is 9.99. The molecule has 0 aliphatic carbocycles. The highest BCUT2D eigenvalue weighted by Gasteiger charge is 2.16. The molecule has 7 nitrogen and oxygen atoms in total. The third kappa shape index (κ3) is 3.48. The quantitative estimate of drug-likeness (QED) is 0.494. The Balaban J connectivity index is 2.26. The van der Waals surface area contributed by atoms with Crippen LogP contribution >= 0.6 is 11.8 Å². The van der Waals surface area contributed by atoms with E-state index in [1.807, 2.05) is 0 Å². The minimum absolute atomic E-state index is 0.110. The number of thioether (sulfide) groups is 1. The standard InChI is InChI=1S/C13H12N4O3S/c14-10-6-16-4-3-12(10)21-7-9-2-1-8(13(15)18)5-11(9)17(19)20/h1-6H,7,14H2,(H2,15,18). The lowest BCUT2D eigenvalue weighted by molar-refractivity contribution is -0.385. The monoisotopic (exact) mass is 304 g/mol. The number of carbonyl (C=O) groups excluding carboxylic acids is 1. The number of benzene rings is 1. The molecule has 0 spiro atoms. The van der Waals surface area contributed by atoms with Gasteiger partial charge < -0.3 is 11.5 Å². The van der Waals surface area contributed by atoms with Crippen molar-refractivity contribution in [3.05, 3.63) is 57.9 Å². The van der Waals surface area contributed by atoms with Crippen LogP contribution in [0.2, 0.25) is 0 Å². The van der Waals surface area contributed by atoms with Gasteiger partial charge in [0.05, 0.1) is 16.8 Å². The lowest BCUT2D eigenvalue weighted by atomic mass is 10.1. The first-order valence-electron chi connectivity index (χ1n) is 5.88. The minimum Gasteiger partial charge on any atom is -0.397 e. The molecule has 0 fully saturated rings. The summed E-state index contributed by atoms with van der Waals surface area (Å²) in [6.07, 6.45) is 3.12. The Morgan fingerprint density at radius 1 is 1.38 bits per heavy atom. The Labute approximate surface area is 124 Å². The fourth-order valence-electron chi connectivity index (χ4n) is 1.69. The van der Waals surface area contributed by atoms with Gasteiger partial charge in [-0.05, 0) is 12.1 Å². The van der Waals surface area contributed by atoms with Crippen molar-refractivity contribution in [3.8, 4) is 0 Å². The van der Waals surface area contributed by atoms with E-state index in [0.717, 1.165) is 4.90 Å². The van der Waals surface area contributed by atoms with Gasteiger partial charge in [-0.25, -0.2) is 0 Å². The molecule has 2 aromatic rings. The second-order valence-electron chi connectivity index (χ2n) is 4.17. The lowest BCUT2D eigenvalue weighted by Crippen LogP contribution is -2.11. The predicted octanol–water partition coefficient (Wildman–Crippen LogP) is 1.96. The molecule has 0 bridgehead atoms. The number of primary amides is 1. The van der Waals surface area contributed by atoms with E-state index in [1.165, 1.54) is 36.2 Å². The third-order valence-corrected chi connectivity index (χ3v) is 3.90. The van der Waals surface area contributed by atoms with Crippen LogP contribution in [-0.4, -0.2) is 15.8 Å². The highest BCUT2D eigenvalue weighted by molar-refractivity contribution is 7.98. The van der Waals surface area contributed by atoms with Gasteiger partial charge in [-0.15, -0.1) is 11.8 Å². The number of aromatic nitrogens is 1. The van der Waals surface area contributed by atoms with Crippen molar-refractivity contribution in [2.45, 2.75) is 10.6 Å². The normalized spacial score (nSPS) is 10.3.